The first-order chi connectivity index (χ1) is 6.29. The Morgan fingerprint density at radius 2 is 2.46 bits per heavy atom. The highest BCUT2D eigenvalue weighted by Gasteiger charge is 2.12. The summed E-state index contributed by atoms with van der Waals surface area (Å²) in [5, 5.41) is 0. The van der Waals surface area contributed by atoms with Gasteiger partial charge in [-0.3, -0.25) is 4.79 Å². The van der Waals surface area contributed by atoms with Crippen LogP contribution in [-0.2, 0) is 14.3 Å². The maximum absolute atomic E-state index is 10.4. The highest BCUT2D eigenvalue weighted by Crippen LogP contribution is 2.12. The van der Waals surface area contributed by atoms with E-state index in [0.29, 0.717) is 0 Å². The maximum Gasteiger partial charge on any atom is 0.202 e. The lowest BCUT2D eigenvalue weighted by molar-refractivity contribution is -0.154. The second-order valence-electron chi connectivity index (χ2n) is 2.97. The SMILES string of the molecule is CC(=O)C#CCOC1CCCCO1. The van der Waals surface area contributed by atoms with Crippen LogP contribution in [0, 0.1) is 11.8 Å². The van der Waals surface area contributed by atoms with E-state index in [9.17, 15) is 4.79 Å². The fourth-order valence-corrected chi connectivity index (χ4v) is 1.14. The number of carbonyl (C=O) groups is 1. The van der Waals surface area contributed by atoms with Crippen LogP contribution in [0.1, 0.15) is 26.2 Å². The molecule has 0 amide bonds. The minimum Gasteiger partial charge on any atom is -0.353 e. The Balaban J connectivity index is 2.12. The van der Waals surface area contributed by atoms with Crippen LogP contribution in [0.4, 0.5) is 0 Å². The van der Waals surface area contributed by atoms with Crippen molar-refractivity contribution in [2.45, 2.75) is 32.5 Å². The monoisotopic (exact) mass is 182 g/mol. The van der Waals surface area contributed by atoms with Crippen molar-refractivity contribution in [2.75, 3.05) is 13.2 Å². The molecule has 3 nitrogen and oxygen atoms in total. The molecule has 1 atom stereocenters. The van der Waals surface area contributed by atoms with Gasteiger partial charge in [-0.2, -0.15) is 0 Å². The number of ether oxygens (including phenoxy) is 2. The van der Waals surface area contributed by atoms with Gasteiger partial charge >= 0.3 is 0 Å². The highest BCUT2D eigenvalue weighted by atomic mass is 16.7. The molecule has 1 aliphatic rings. The summed E-state index contributed by atoms with van der Waals surface area (Å²) in [7, 11) is 0. The van der Waals surface area contributed by atoms with Gasteiger partial charge in [0.05, 0.1) is 0 Å². The molecular weight excluding hydrogens is 168 g/mol. The van der Waals surface area contributed by atoms with E-state index in [0.717, 1.165) is 25.9 Å². The van der Waals surface area contributed by atoms with Crippen LogP contribution < -0.4 is 0 Å². The molecule has 1 rings (SSSR count). The number of ketones is 1. The average molecular weight is 182 g/mol. The molecule has 1 heterocycles. The number of Topliss-reactive ketones (excluding diaryl/α,β-unsaturated/α-hetero) is 1. The lowest BCUT2D eigenvalue weighted by atomic mass is 10.2. The molecule has 0 spiro atoms. The van der Waals surface area contributed by atoms with Crippen molar-refractivity contribution in [3.63, 3.8) is 0 Å². The summed E-state index contributed by atoms with van der Waals surface area (Å²) in [6, 6.07) is 0. The van der Waals surface area contributed by atoms with E-state index in [2.05, 4.69) is 11.8 Å². The molecular formula is C10H14O3. The Labute approximate surface area is 78.4 Å². The van der Waals surface area contributed by atoms with E-state index in [1.807, 2.05) is 0 Å². The van der Waals surface area contributed by atoms with Crippen molar-refractivity contribution >= 4 is 5.78 Å². The quantitative estimate of drug-likeness (QED) is 0.474. The largest absolute Gasteiger partial charge is 0.353 e. The van der Waals surface area contributed by atoms with E-state index < -0.39 is 0 Å². The van der Waals surface area contributed by atoms with Gasteiger partial charge in [-0.25, -0.2) is 0 Å². The van der Waals surface area contributed by atoms with Crippen LogP contribution >= 0.6 is 0 Å². The number of hydrogen-bond acceptors (Lipinski definition) is 3. The lowest BCUT2D eigenvalue weighted by Crippen LogP contribution is -2.22. The van der Waals surface area contributed by atoms with Gasteiger partial charge in [0.1, 0.15) is 6.61 Å². The summed E-state index contributed by atoms with van der Waals surface area (Å²) in [6.45, 7) is 2.49. The molecule has 0 bridgehead atoms. The van der Waals surface area contributed by atoms with Gasteiger partial charge in [0, 0.05) is 13.5 Å². The van der Waals surface area contributed by atoms with Gasteiger partial charge in [-0.15, -0.1) is 0 Å². The average Bonchev–Trinajstić information content (AvgIpc) is 2.14. The lowest BCUT2D eigenvalue weighted by Gasteiger charge is -2.21. The molecule has 0 aromatic heterocycles. The minimum atomic E-state index is -0.131. The molecule has 1 saturated heterocycles. The predicted molar refractivity (Wildman–Crippen MR) is 48.0 cm³/mol. The van der Waals surface area contributed by atoms with E-state index >= 15 is 0 Å². The Hall–Kier alpha value is -0.850. The second-order valence-corrected chi connectivity index (χ2v) is 2.97. The third kappa shape index (κ3) is 4.66. The first-order valence-electron chi connectivity index (χ1n) is 4.51. The Morgan fingerprint density at radius 3 is 3.08 bits per heavy atom. The van der Waals surface area contributed by atoms with E-state index in [4.69, 9.17) is 9.47 Å². The van der Waals surface area contributed by atoms with E-state index in [-0.39, 0.29) is 18.7 Å². The molecule has 0 aromatic carbocycles. The molecule has 1 unspecified atom stereocenters. The maximum atomic E-state index is 10.4. The van der Waals surface area contributed by atoms with Crippen molar-refractivity contribution in [1.82, 2.24) is 0 Å². The molecule has 1 aliphatic heterocycles. The topological polar surface area (TPSA) is 35.5 Å². The number of hydrogen-bond donors (Lipinski definition) is 0. The minimum absolute atomic E-state index is 0.116. The van der Waals surface area contributed by atoms with Crippen molar-refractivity contribution in [1.29, 1.82) is 0 Å². The summed E-state index contributed by atoms with van der Waals surface area (Å²) in [5.41, 5.74) is 0. The molecule has 72 valence electrons. The molecule has 0 aliphatic carbocycles. The zero-order valence-corrected chi connectivity index (χ0v) is 7.84. The summed E-state index contributed by atoms with van der Waals surface area (Å²) >= 11 is 0. The van der Waals surface area contributed by atoms with Gasteiger partial charge in [-0.1, -0.05) is 5.92 Å². The standard InChI is InChI=1S/C10H14O3/c1-9(11)5-4-8-13-10-6-2-3-7-12-10/h10H,2-3,6-8H2,1H3. The fourth-order valence-electron chi connectivity index (χ4n) is 1.14. The van der Waals surface area contributed by atoms with Gasteiger partial charge < -0.3 is 9.47 Å². The normalized spacial score (nSPS) is 21.8. The van der Waals surface area contributed by atoms with Crippen molar-refractivity contribution in [3.8, 4) is 11.8 Å². The second kappa shape index (κ2) is 5.74. The van der Waals surface area contributed by atoms with Crippen LogP contribution in [0.25, 0.3) is 0 Å². The molecule has 0 saturated carbocycles. The van der Waals surface area contributed by atoms with Crippen LogP contribution in [0.3, 0.4) is 0 Å². The van der Waals surface area contributed by atoms with Gasteiger partial charge in [-0.05, 0) is 25.2 Å². The molecule has 0 radical (unpaired) electrons. The van der Waals surface area contributed by atoms with Crippen LogP contribution in [0.2, 0.25) is 0 Å². The highest BCUT2D eigenvalue weighted by molar-refractivity contribution is 5.93. The van der Waals surface area contributed by atoms with Crippen LogP contribution in [-0.4, -0.2) is 25.3 Å². The van der Waals surface area contributed by atoms with Gasteiger partial charge in [0.15, 0.2) is 6.29 Å². The smallest absolute Gasteiger partial charge is 0.202 e. The molecule has 13 heavy (non-hydrogen) atoms. The van der Waals surface area contributed by atoms with Gasteiger partial charge in [0.25, 0.3) is 0 Å². The zero-order chi connectivity index (χ0) is 9.52. The summed E-state index contributed by atoms with van der Waals surface area (Å²) in [4.78, 5) is 10.4. The van der Waals surface area contributed by atoms with E-state index in [1.165, 1.54) is 6.92 Å². The summed E-state index contributed by atoms with van der Waals surface area (Å²) in [5.74, 6) is 4.91. The Kier molecular flexibility index (Phi) is 4.52. The first-order valence-corrected chi connectivity index (χ1v) is 4.51. The Bertz CT molecular complexity index is 218. The number of rotatable bonds is 2. The first kappa shape index (κ1) is 10.2. The fraction of sp³-hybridized carbons (Fsp3) is 0.700. The van der Waals surface area contributed by atoms with E-state index in [1.54, 1.807) is 0 Å². The third-order valence-corrected chi connectivity index (χ3v) is 1.74. The van der Waals surface area contributed by atoms with Gasteiger partial charge in [0.2, 0.25) is 5.78 Å². The summed E-state index contributed by atoms with van der Waals surface area (Å²) in [6.07, 6.45) is 3.07. The number of carbonyl (C=O) groups excluding carboxylic acids is 1. The van der Waals surface area contributed by atoms with Crippen LogP contribution in [0.5, 0.6) is 0 Å². The van der Waals surface area contributed by atoms with Crippen molar-refractivity contribution in [3.05, 3.63) is 0 Å². The summed E-state index contributed by atoms with van der Waals surface area (Å²) < 4.78 is 10.6. The molecule has 3 heteroatoms. The van der Waals surface area contributed by atoms with Crippen LogP contribution in [0.15, 0.2) is 0 Å². The zero-order valence-electron chi connectivity index (χ0n) is 7.84. The van der Waals surface area contributed by atoms with Crippen molar-refractivity contribution < 1.29 is 14.3 Å². The molecule has 0 N–H and O–H groups in total. The molecule has 0 aromatic rings. The molecule has 1 fully saturated rings. The Morgan fingerprint density at radius 1 is 1.62 bits per heavy atom. The third-order valence-electron chi connectivity index (χ3n) is 1.74. The predicted octanol–water partition coefficient (Wildman–Crippen LogP) is 1.12. The van der Waals surface area contributed by atoms with Crippen molar-refractivity contribution in [2.24, 2.45) is 0 Å².